The molecule has 0 saturated heterocycles. The maximum absolute atomic E-state index is 13.3. The van der Waals surface area contributed by atoms with Gasteiger partial charge in [-0.1, -0.05) is 0 Å². The molecule has 0 aliphatic heterocycles. The lowest BCUT2D eigenvalue weighted by atomic mass is 10.2. The van der Waals surface area contributed by atoms with E-state index in [1.807, 2.05) is 0 Å². The van der Waals surface area contributed by atoms with Crippen LogP contribution >= 0.6 is 12.2 Å². The Morgan fingerprint density at radius 2 is 2.05 bits per heavy atom. The van der Waals surface area contributed by atoms with Crippen LogP contribution in [0.2, 0.25) is 0 Å². The summed E-state index contributed by atoms with van der Waals surface area (Å²) in [5.74, 6) is -0.382. The van der Waals surface area contributed by atoms with Gasteiger partial charge in [0.05, 0.1) is 15.8 Å². The second-order valence-electron chi connectivity index (χ2n) is 5.21. The molecule has 0 fully saturated rings. The lowest BCUT2D eigenvalue weighted by Crippen LogP contribution is -2.35. The van der Waals surface area contributed by atoms with E-state index in [-0.39, 0.29) is 12.4 Å². The van der Waals surface area contributed by atoms with Crippen LogP contribution in [0.4, 0.5) is 4.39 Å². The fourth-order valence-corrected chi connectivity index (χ4v) is 2.42. The van der Waals surface area contributed by atoms with Crippen molar-refractivity contribution in [2.75, 3.05) is 6.26 Å². The van der Waals surface area contributed by atoms with E-state index in [0.717, 1.165) is 0 Å². The maximum Gasteiger partial charge on any atom is 0.178 e. The largest absolute Gasteiger partial charge is 0.331 e. The normalized spacial score (nSPS) is 13.1. The zero-order valence-corrected chi connectivity index (χ0v) is 12.5. The van der Waals surface area contributed by atoms with Crippen molar-refractivity contribution in [1.82, 2.24) is 9.55 Å². The van der Waals surface area contributed by atoms with Gasteiger partial charge in [0.2, 0.25) is 0 Å². The van der Waals surface area contributed by atoms with Crippen LogP contribution in [0.25, 0.3) is 11.0 Å². The van der Waals surface area contributed by atoms with Gasteiger partial charge in [-0.15, -0.1) is 0 Å². The maximum atomic E-state index is 13.3. The second kappa shape index (κ2) is 4.42. The first-order valence-electron chi connectivity index (χ1n) is 5.69. The summed E-state index contributed by atoms with van der Waals surface area (Å²) in [5, 5.41) is 0. The van der Waals surface area contributed by atoms with Gasteiger partial charge in [0, 0.05) is 12.8 Å². The molecule has 2 rings (SSSR count). The van der Waals surface area contributed by atoms with Crippen LogP contribution in [0, 0.1) is 10.6 Å². The molecule has 0 amide bonds. The highest BCUT2D eigenvalue weighted by Gasteiger charge is 2.31. The predicted molar refractivity (Wildman–Crippen MR) is 76.0 cm³/mol. The Morgan fingerprint density at radius 1 is 1.42 bits per heavy atom. The summed E-state index contributed by atoms with van der Waals surface area (Å²) >= 11 is 5.18. The number of aromatic nitrogens is 2. The molecule has 4 nitrogen and oxygen atoms in total. The number of H-pyrrole nitrogens is 1. The summed E-state index contributed by atoms with van der Waals surface area (Å²) in [6.45, 7) is 3.43. The van der Waals surface area contributed by atoms with Crippen LogP contribution in [0.1, 0.15) is 13.8 Å². The van der Waals surface area contributed by atoms with Gasteiger partial charge in [-0.3, -0.25) is 0 Å². The first-order chi connectivity index (χ1) is 8.62. The molecule has 1 aromatic carbocycles. The lowest BCUT2D eigenvalue weighted by molar-refractivity contribution is 0.506. The number of fused-ring (bicyclic) bond motifs is 1. The molecule has 19 heavy (non-hydrogen) atoms. The van der Waals surface area contributed by atoms with Crippen molar-refractivity contribution in [3.63, 3.8) is 0 Å². The Bertz CT molecular complexity index is 788. The molecule has 0 radical (unpaired) electrons. The van der Waals surface area contributed by atoms with Gasteiger partial charge in [-0.05, 0) is 44.3 Å². The monoisotopic (exact) mass is 302 g/mol. The highest BCUT2D eigenvalue weighted by Crippen LogP contribution is 2.22. The number of hydrogen-bond donors (Lipinski definition) is 1. The SMILES string of the molecule is CC(C)(Cn1c(=S)[nH]c2ccc(F)cc21)S(C)(=O)=O. The van der Waals surface area contributed by atoms with Crippen LogP contribution in [-0.2, 0) is 16.4 Å². The Hall–Kier alpha value is -1.21. The number of rotatable bonds is 3. The van der Waals surface area contributed by atoms with Crippen molar-refractivity contribution in [3.8, 4) is 0 Å². The number of benzene rings is 1. The minimum Gasteiger partial charge on any atom is -0.331 e. The zero-order chi connectivity index (χ0) is 14.4. The van der Waals surface area contributed by atoms with E-state index in [2.05, 4.69) is 4.98 Å². The van der Waals surface area contributed by atoms with Gasteiger partial charge in [0.15, 0.2) is 14.6 Å². The van der Waals surface area contributed by atoms with Gasteiger partial charge in [-0.25, -0.2) is 12.8 Å². The summed E-state index contributed by atoms with van der Waals surface area (Å²) in [4.78, 5) is 2.94. The third-order valence-electron chi connectivity index (χ3n) is 3.28. The summed E-state index contributed by atoms with van der Waals surface area (Å²) in [5.41, 5.74) is 1.26. The van der Waals surface area contributed by atoms with E-state index in [4.69, 9.17) is 12.2 Å². The number of hydrogen-bond acceptors (Lipinski definition) is 3. The van der Waals surface area contributed by atoms with Gasteiger partial charge < -0.3 is 9.55 Å². The third kappa shape index (κ3) is 2.57. The highest BCUT2D eigenvalue weighted by molar-refractivity contribution is 7.92. The van der Waals surface area contributed by atoms with Gasteiger partial charge in [0.1, 0.15) is 5.82 Å². The van der Waals surface area contributed by atoms with Crippen LogP contribution in [0.15, 0.2) is 18.2 Å². The average molecular weight is 302 g/mol. The number of nitrogens with one attached hydrogen (secondary N) is 1. The molecule has 7 heteroatoms. The predicted octanol–water partition coefficient (Wildman–Crippen LogP) is 2.66. The summed E-state index contributed by atoms with van der Waals surface area (Å²) in [6.07, 6.45) is 1.19. The highest BCUT2D eigenvalue weighted by atomic mass is 32.2. The first kappa shape index (κ1) is 14.2. The zero-order valence-electron chi connectivity index (χ0n) is 10.9. The van der Waals surface area contributed by atoms with Crippen molar-refractivity contribution < 1.29 is 12.8 Å². The van der Waals surface area contributed by atoms with Gasteiger partial charge >= 0.3 is 0 Å². The van der Waals surface area contributed by atoms with Crippen LogP contribution in [0.3, 0.4) is 0 Å². The molecule has 1 aromatic heterocycles. The Morgan fingerprint density at radius 3 is 2.63 bits per heavy atom. The van der Waals surface area contributed by atoms with Crippen molar-refractivity contribution in [2.45, 2.75) is 25.1 Å². The molecule has 0 aliphatic rings. The minimum atomic E-state index is -3.25. The molecular weight excluding hydrogens is 287 g/mol. The minimum absolute atomic E-state index is 0.175. The van der Waals surface area contributed by atoms with E-state index in [1.54, 1.807) is 24.5 Å². The summed E-state index contributed by atoms with van der Waals surface area (Å²) in [7, 11) is -3.25. The standard InChI is InChI=1S/C12H15FN2O2S2/c1-12(2,19(3,16)17)7-15-10-6-8(13)4-5-9(10)14-11(15)18/h4-6H,7H2,1-3H3,(H,14,18). The number of imidazole rings is 1. The Balaban J connectivity index is 2.61. The van der Waals surface area contributed by atoms with Crippen molar-refractivity contribution in [3.05, 3.63) is 28.8 Å². The smallest absolute Gasteiger partial charge is 0.178 e. The molecule has 0 saturated carbocycles. The van der Waals surface area contributed by atoms with E-state index in [9.17, 15) is 12.8 Å². The topological polar surface area (TPSA) is 54.9 Å². The third-order valence-corrected chi connectivity index (χ3v) is 5.74. The average Bonchev–Trinajstić information content (AvgIpc) is 2.54. The molecule has 0 spiro atoms. The van der Waals surface area contributed by atoms with Crippen molar-refractivity contribution in [1.29, 1.82) is 0 Å². The first-order valence-corrected chi connectivity index (χ1v) is 7.99. The van der Waals surface area contributed by atoms with Crippen molar-refractivity contribution >= 4 is 33.1 Å². The number of aromatic amines is 1. The molecular formula is C12H15FN2O2S2. The van der Waals surface area contributed by atoms with E-state index in [1.165, 1.54) is 18.4 Å². The Labute approximate surface area is 116 Å². The van der Waals surface area contributed by atoms with E-state index < -0.39 is 14.6 Å². The van der Waals surface area contributed by atoms with Gasteiger partial charge in [0.25, 0.3) is 0 Å². The molecule has 0 atom stereocenters. The number of halogens is 1. The Kier molecular flexibility index (Phi) is 3.30. The summed E-state index contributed by atoms with van der Waals surface area (Å²) < 4.78 is 37.9. The summed E-state index contributed by atoms with van der Waals surface area (Å²) in [6, 6.07) is 4.27. The quantitative estimate of drug-likeness (QED) is 0.887. The van der Waals surface area contributed by atoms with Gasteiger partial charge in [-0.2, -0.15) is 0 Å². The van der Waals surface area contributed by atoms with Crippen molar-refractivity contribution in [2.24, 2.45) is 0 Å². The van der Waals surface area contributed by atoms with Crippen LogP contribution < -0.4 is 0 Å². The van der Waals surface area contributed by atoms with Crippen LogP contribution in [-0.4, -0.2) is 29.0 Å². The van der Waals surface area contributed by atoms with E-state index >= 15 is 0 Å². The second-order valence-corrected chi connectivity index (χ2v) is 8.25. The fourth-order valence-electron chi connectivity index (χ4n) is 1.78. The fraction of sp³-hybridized carbons (Fsp3) is 0.417. The molecule has 0 bridgehead atoms. The molecule has 104 valence electrons. The molecule has 1 N–H and O–H groups in total. The number of nitrogens with zero attached hydrogens (tertiary/aromatic N) is 1. The van der Waals surface area contributed by atoms with E-state index in [0.29, 0.717) is 15.8 Å². The molecule has 1 heterocycles. The molecule has 0 unspecified atom stereocenters. The van der Waals surface area contributed by atoms with Crippen LogP contribution in [0.5, 0.6) is 0 Å². The number of sulfone groups is 1. The molecule has 0 aliphatic carbocycles. The lowest BCUT2D eigenvalue weighted by Gasteiger charge is -2.23. The molecule has 2 aromatic rings.